The third kappa shape index (κ3) is 2.57. The topological polar surface area (TPSA) is 66.4 Å². The van der Waals surface area contributed by atoms with Crippen molar-refractivity contribution in [3.05, 3.63) is 0 Å². The molecule has 1 heterocycles. The number of hydrogen-bond acceptors (Lipinski definition) is 3. The van der Waals surface area contributed by atoms with E-state index in [0.29, 0.717) is 18.3 Å². The maximum atomic E-state index is 10.9. The van der Waals surface area contributed by atoms with Gasteiger partial charge in [-0.3, -0.25) is 0 Å². The Bertz CT molecular complexity index is 378. The third-order valence-corrected chi connectivity index (χ3v) is 4.31. The van der Waals surface area contributed by atoms with Gasteiger partial charge in [0, 0.05) is 0 Å². The molecule has 0 amide bonds. The maximum absolute atomic E-state index is 10.9. The van der Waals surface area contributed by atoms with Crippen LogP contribution in [0.2, 0.25) is 0 Å². The van der Waals surface area contributed by atoms with Gasteiger partial charge in [-0.2, -0.15) is 0 Å². The van der Waals surface area contributed by atoms with Gasteiger partial charge in [-0.25, -0.2) is 0 Å². The van der Waals surface area contributed by atoms with Gasteiger partial charge in [0.05, 0.1) is 0 Å². The zero-order valence-corrected chi connectivity index (χ0v) is 9.95. The van der Waals surface area contributed by atoms with E-state index in [2.05, 4.69) is 10.9 Å². The molecule has 0 bridgehead atoms. The summed E-state index contributed by atoms with van der Waals surface area (Å²) in [6, 6.07) is -0.398. The van der Waals surface area contributed by atoms with Crippen molar-refractivity contribution >= 4 is 13.9 Å². The summed E-state index contributed by atoms with van der Waals surface area (Å²) in [7, 11) is -0.0148. The van der Waals surface area contributed by atoms with Gasteiger partial charge in [0.25, 0.3) is 0 Å². The second-order valence-electron chi connectivity index (χ2n) is 4.79. The van der Waals surface area contributed by atoms with Crippen LogP contribution < -0.4 is 5.32 Å². The number of fused-ring (bicyclic) bond motifs is 1. The molecule has 2 fully saturated rings. The zero-order chi connectivity index (χ0) is 11.5. The van der Waals surface area contributed by atoms with Crippen LogP contribution in [0.1, 0.15) is 25.7 Å². The Hall–Kier alpha value is -0.560. The number of carboxylic acids is 1. The summed E-state index contributed by atoms with van der Waals surface area (Å²) in [6.07, 6.45) is 3.78. The van der Waals surface area contributed by atoms with Crippen molar-refractivity contribution in [2.75, 3.05) is 6.54 Å². The zero-order valence-electron chi connectivity index (χ0n) is 9.06. The molecule has 0 aromatic rings. The molecule has 4 atom stereocenters. The molecule has 1 aliphatic carbocycles. The first-order chi connectivity index (χ1) is 7.70. The Morgan fingerprint density at radius 2 is 2.12 bits per heavy atom. The average molecular weight is 241 g/mol. The molecule has 88 valence electrons. The molecule has 0 spiro atoms. The van der Waals surface area contributed by atoms with E-state index in [0.717, 1.165) is 25.8 Å². The average Bonchev–Trinajstić information content (AvgIpc) is 2.28. The van der Waals surface area contributed by atoms with Crippen LogP contribution in [0.25, 0.3) is 0 Å². The molecular weight excluding hydrogens is 225 g/mol. The summed E-state index contributed by atoms with van der Waals surface area (Å²) < 4.78 is 10.5. The van der Waals surface area contributed by atoms with Crippen LogP contribution in [0.3, 0.4) is 0 Å². The number of piperidine rings is 1. The molecular formula is C11H16NO3P. The minimum absolute atomic E-state index is 0.0148. The molecule has 1 aliphatic heterocycles. The van der Waals surface area contributed by atoms with Crippen molar-refractivity contribution in [1.82, 2.24) is 5.32 Å². The van der Waals surface area contributed by atoms with Gasteiger partial charge < -0.3 is 0 Å². The Labute approximate surface area is 95.9 Å². The van der Waals surface area contributed by atoms with E-state index < -0.39 is 12.0 Å². The van der Waals surface area contributed by atoms with Gasteiger partial charge in [0.15, 0.2) is 0 Å². The summed E-state index contributed by atoms with van der Waals surface area (Å²) in [4.78, 5) is 10.9. The Morgan fingerprint density at radius 3 is 2.81 bits per heavy atom. The van der Waals surface area contributed by atoms with E-state index in [1.165, 1.54) is 0 Å². The molecule has 1 saturated heterocycles. The molecule has 4 nitrogen and oxygen atoms in total. The second kappa shape index (κ2) is 5.18. The second-order valence-corrected chi connectivity index (χ2v) is 5.23. The van der Waals surface area contributed by atoms with Gasteiger partial charge in [0.2, 0.25) is 0 Å². The van der Waals surface area contributed by atoms with Crippen LogP contribution in [-0.2, 0) is 9.36 Å². The van der Waals surface area contributed by atoms with E-state index in [-0.39, 0.29) is 13.8 Å². The van der Waals surface area contributed by atoms with Crippen molar-refractivity contribution in [2.24, 2.45) is 17.8 Å². The van der Waals surface area contributed by atoms with Crippen LogP contribution in [0, 0.1) is 23.4 Å². The number of nitrogens with one attached hydrogen (secondary N) is 1. The van der Waals surface area contributed by atoms with Gasteiger partial charge in [-0.1, -0.05) is 0 Å². The molecule has 0 radical (unpaired) electrons. The Balaban J connectivity index is 2.00. The number of aliphatic carboxylic acids is 1. The molecule has 0 aromatic heterocycles. The number of carbonyl (C=O) groups is 1. The van der Waals surface area contributed by atoms with Gasteiger partial charge in [-0.05, 0) is 0 Å². The van der Waals surface area contributed by atoms with Crippen LogP contribution in [0.4, 0.5) is 0 Å². The quantitative estimate of drug-likeness (QED) is 0.686. The van der Waals surface area contributed by atoms with Crippen molar-refractivity contribution in [2.45, 2.75) is 31.7 Å². The van der Waals surface area contributed by atoms with Crippen molar-refractivity contribution in [1.29, 1.82) is 0 Å². The Kier molecular flexibility index (Phi) is 3.86. The van der Waals surface area contributed by atoms with Crippen LogP contribution in [-0.4, -0.2) is 23.7 Å². The van der Waals surface area contributed by atoms with Gasteiger partial charge >= 0.3 is 95.3 Å². The Morgan fingerprint density at radius 1 is 1.31 bits per heavy atom. The molecule has 0 aromatic carbocycles. The molecule has 2 N–H and O–H groups in total. The van der Waals surface area contributed by atoms with Crippen molar-refractivity contribution in [3.63, 3.8) is 0 Å². The van der Waals surface area contributed by atoms with E-state index in [9.17, 15) is 9.36 Å². The summed E-state index contributed by atoms with van der Waals surface area (Å²) in [5.74, 6) is 0.579. The van der Waals surface area contributed by atoms with E-state index >= 15 is 0 Å². The van der Waals surface area contributed by atoms with Gasteiger partial charge in [0.1, 0.15) is 0 Å². The first kappa shape index (κ1) is 11.9. The molecule has 2 rings (SSSR count). The molecule has 0 unspecified atom stereocenters. The summed E-state index contributed by atoms with van der Waals surface area (Å²) in [5.41, 5.74) is 2.91. The molecule has 5 heteroatoms. The van der Waals surface area contributed by atoms with Crippen molar-refractivity contribution < 1.29 is 14.5 Å². The van der Waals surface area contributed by atoms with Crippen LogP contribution >= 0.6 is 7.92 Å². The first-order valence-electron chi connectivity index (χ1n) is 5.74. The van der Waals surface area contributed by atoms with E-state index in [1.807, 2.05) is 0 Å². The fraction of sp³-hybridized carbons (Fsp3) is 0.818. The third-order valence-electron chi connectivity index (χ3n) is 3.84. The van der Waals surface area contributed by atoms with Gasteiger partial charge in [-0.15, -0.1) is 0 Å². The number of carboxylic acid groups (broad SMARTS) is 1. The fourth-order valence-corrected chi connectivity index (χ4v) is 3.33. The summed E-state index contributed by atoms with van der Waals surface area (Å²) >= 11 is 0. The predicted molar refractivity (Wildman–Crippen MR) is 59.9 cm³/mol. The monoisotopic (exact) mass is 241 g/mol. The standard InChI is InChI=1S/C11H16NO3P/c13-11(14)10-4-9-3-7(6-16-15)1-2-8(9)5-12-10/h7-10,12H,1-5H2,(H,13,14)/t7-,8-,9+,10-/m0/s1. The van der Waals surface area contributed by atoms with Crippen LogP contribution in [0.5, 0.6) is 0 Å². The summed E-state index contributed by atoms with van der Waals surface area (Å²) in [6.45, 7) is 0.809. The minimum atomic E-state index is -0.754. The fourth-order valence-electron chi connectivity index (χ4n) is 2.94. The molecule has 16 heavy (non-hydrogen) atoms. The van der Waals surface area contributed by atoms with E-state index in [1.54, 1.807) is 0 Å². The van der Waals surface area contributed by atoms with E-state index in [4.69, 9.17) is 5.11 Å². The molecule has 1 saturated carbocycles. The normalized spacial score (nSPS) is 38.2. The SMILES string of the molecule is O=P#C[C@H]1CC[C@H]2CN[C@H](C(=O)O)C[C@H]2C1. The molecule has 2 aliphatic rings. The predicted octanol–water partition coefficient (Wildman–Crippen LogP) is 1.72. The van der Waals surface area contributed by atoms with Crippen molar-refractivity contribution in [3.8, 4) is 5.63 Å². The van der Waals surface area contributed by atoms with Crippen LogP contribution in [0.15, 0.2) is 0 Å². The first-order valence-corrected chi connectivity index (χ1v) is 6.56. The number of rotatable bonds is 1. The summed E-state index contributed by atoms with van der Waals surface area (Å²) in [5, 5.41) is 12.0. The number of hydrogen-bond donors (Lipinski definition) is 2.